The van der Waals surface area contributed by atoms with Crippen molar-refractivity contribution in [2.24, 2.45) is 5.92 Å². The van der Waals surface area contributed by atoms with Crippen molar-refractivity contribution in [2.75, 3.05) is 11.9 Å². The lowest BCUT2D eigenvalue weighted by atomic mass is 9.85. The second-order valence-corrected chi connectivity index (χ2v) is 7.58. The van der Waals surface area contributed by atoms with Crippen LogP contribution >= 0.6 is 0 Å². The Labute approximate surface area is 174 Å². The third-order valence-electron chi connectivity index (χ3n) is 5.19. The summed E-state index contributed by atoms with van der Waals surface area (Å²) in [4.78, 5) is 33.0. The Morgan fingerprint density at radius 2 is 1.93 bits per heavy atom. The van der Waals surface area contributed by atoms with Gasteiger partial charge in [-0.25, -0.2) is 0 Å². The molecular formula is C23H24N4O3. The topological polar surface area (TPSA) is 107 Å². The van der Waals surface area contributed by atoms with Crippen molar-refractivity contribution < 1.29 is 14.7 Å². The molecule has 0 aliphatic heterocycles. The number of hydrogen-bond acceptors (Lipinski definition) is 5. The van der Waals surface area contributed by atoms with E-state index in [-0.39, 0.29) is 24.7 Å². The summed E-state index contributed by atoms with van der Waals surface area (Å²) >= 11 is 0. The van der Waals surface area contributed by atoms with E-state index in [0.717, 1.165) is 28.3 Å². The number of nitrogens with zero attached hydrogens (tertiary/aromatic N) is 1. The first-order valence-electron chi connectivity index (χ1n) is 9.99. The largest absolute Gasteiger partial charge is 0.392 e. The summed E-state index contributed by atoms with van der Waals surface area (Å²) in [5.74, 6) is -0.756. The van der Waals surface area contributed by atoms with Gasteiger partial charge < -0.3 is 20.7 Å². The van der Waals surface area contributed by atoms with E-state index >= 15 is 0 Å². The molecule has 0 fully saturated rings. The summed E-state index contributed by atoms with van der Waals surface area (Å²) in [5.41, 5.74) is 4.64. The Morgan fingerprint density at radius 1 is 1.20 bits per heavy atom. The zero-order valence-corrected chi connectivity index (χ0v) is 16.7. The molecule has 30 heavy (non-hydrogen) atoms. The number of H-pyrrole nitrogens is 1. The Bertz CT molecular complexity index is 1050. The number of ketones is 1. The fraction of sp³-hybridized carbons (Fsp3) is 0.261. The van der Waals surface area contributed by atoms with E-state index in [9.17, 15) is 14.7 Å². The molecule has 3 aromatic rings. The number of anilines is 2. The van der Waals surface area contributed by atoms with Crippen LogP contribution in [0.2, 0.25) is 0 Å². The number of pyridine rings is 1. The summed E-state index contributed by atoms with van der Waals surface area (Å²) in [7, 11) is 0. The predicted octanol–water partition coefficient (Wildman–Crippen LogP) is 3.06. The van der Waals surface area contributed by atoms with Gasteiger partial charge in [0.1, 0.15) is 0 Å². The molecule has 2 aromatic heterocycles. The standard InChI is InChI=1S/C23H24N4O3/c1-14(28)13-25-23(30)16-11-18-20(19(29)12-16)22(26-17-5-3-2-4-6-17)21(27-18)15-7-9-24-10-8-15/h2-10,14,16,26-28H,11-13H2,1H3,(H,25,30). The molecule has 0 saturated heterocycles. The number of rotatable bonds is 6. The molecule has 1 aromatic carbocycles. The van der Waals surface area contributed by atoms with Crippen molar-refractivity contribution in [3.05, 3.63) is 66.1 Å². The van der Waals surface area contributed by atoms with Gasteiger partial charge in [-0.3, -0.25) is 14.6 Å². The SMILES string of the molecule is CC(O)CNC(=O)C1CC(=O)c2c([nH]c(-c3ccncc3)c2Nc2ccccc2)C1. The predicted molar refractivity (Wildman–Crippen MR) is 115 cm³/mol. The number of aliphatic hydroxyl groups is 1. The van der Waals surface area contributed by atoms with Gasteiger partial charge in [0.05, 0.1) is 29.0 Å². The number of para-hydroxylation sites is 1. The number of aliphatic hydroxyl groups excluding tert-OH is 1. The number of aromatic nitrogens is 2. The van der Waals surface area contributed by atoms with E-state index in [4.69, 9.17) is 0 Å². The first-order valence-corrected chi connectivity index (χ1v) is 9.99. The van der Waals surface area contributed by atoms with Gasteiger partial charge in [-0.1, -0.05) is 18.2 Å². The number of carbonyl (C=O) groups is 2. The number of fused-ring (bicyclic) bond motifs is 1. The molecule has 1 aliphatic carbocycles. The van der Waals surface area contributed by atoms with Gasteiger partial charge in [0, 0.05) is 48.7 Å². The van der Waals surface area contributed by atoms with E-state index in [1.165, 1.54) is 0 Å². The van der Waals surface area contributed by atoms with Crippen LogP contribution in [-0.2, 0) is 11.2 Å². The van der Waals surface area contributed by atoms with Crippen LogP contribution in [0.3, 0.4) is 0 Å². The molecule has 2 heterocycles. The van der Waals surface area contributed by atoms with Gasteiger partial charge in [-0.2, -0.15) is 0 Å². The Hall–Kier alpha value is -3.45. The monoisotopic (exact) mass is 404 g/mol. The van der Waals surface area contributed by atoms with Gasteiger partial charge in [-0.15, -0.1) is 0 Å². The van der Waals surface area contributed by atoms with Crippen molar-refractivity contribution >= 4 is 23.1 Å². The van der Waals surface area contributed by atoms with E-state index < -0.39 is 12.0 Å². The summed E-state index contributed by atoms with van der Waals surface area (Å²) in [5, 5.41) is 15.5. The second-order valence-electron chi connectivity index (χ2n) is 7.58. The van der Waals surface area contributed by atoms with Crippen LogP contribution in [0.25, 0.3) is 11.3 Å². The van der Waals surface area contributed by atoms with E-state index in [2.05, 4.69) is 20.6 Å². The second kappa shape index (κ2) is 8.51. The minimum Gasteiger partial charge on any atom is -0.392 e. The lowest BCUT2D eigenvalue weighted by Gasteiger charge is -2.22. The van der Waals surface area contributed by atoms with Crippen molar-refractivity contribution in [1.29, 1.82) is 0 Å². The molecule has 0 spiro atoms. The highest BCUT2D eigenvalue weighted by atomic mass is 16.3. The molecule has 0 bridgehead atoms. The zero-order valence-electron chi connectivity index (χ0n) is 16.7. The van der Waals surface area contributed by atoms with Gasteiger partial charge >= 0.3 is 0 Å². The van der Waals surface area contributed by atoms with Crippen LogP contribution < -0.4 is 10.6 Å². The molecule has 0 radical (unpaired) electrons. The average Bonchev–Trinajstić information content (AvgIpc) is 3.12. The number of nitrogens with one attached hydrogen (secondary N) is 3. The van der Waals surface area contributed by atoms with Crippen LogP contribution in [0.4, 0.5) is 11.4 Å². The summed E-state index contributed by atoms with van der Waals surface area (Å²) in [6, 6.07) is 13.4. The number of benzene rings is 1. The maximum atomic E-state index is 13.1. The van der Waals surface area contributed by atoms with E-state index in [1.54, 1.807) is 19.3 Å². The van der Waals surface area contributed by atoms with Crippen LogP contribution in [-0.4, -0.2) is 39.4 Å². The lowest BCUT2D eigenvalue weighted by molar-refractivity contribution is -0.125. The molecule has 7 heteroatoms. The maximum Gasteiger partial charge on any atom is 0.224 e. The fourth-order valence-electron chi connectivity index (χ4n) is 3.76. The average molecular weight is 404 g/mol. The summed E-state index contributed by atoms with van der Waals surface area (Å²) < 4.78 is 0. The molecule has 0 saturated carbocycles. The van der Waals surface area contributed by atoms with Crippen LogP contribution in [0.5, 0.6) is 0 Å². The van der Waals surface area contributed by atoms with Gasteiger partial charge in [0.25, 0.3) is 0 Å². The fourth-order valence-corrected chi connectivity index (χ4v) is 3.76. The van der Waals surface area contributed by atoms with E-state index in [0.29, 0.717) is 12.0 Å². The van der Waals surface area contributed by atoms with Crippen molar-refractivity contribution in [3.63, 3.8) is 0 Å². The minimum absolute atomic E-state index is 0.0802. The van der Waals surface area contributed by atoms with Crippen LogP contribution in [0.1, 0.15) is 29.4 Å². The quantitative estimate of drug-likeness (QED) is 0.505. The number of carbonyl (C=O) groups excluding carboxylic acids is 2. The van der Waals surface area contributed by atoms with E-state index in [1.807, 2.05) is 42.5 Å². The molecule has 4 rings (SSSR count). The molecule has 154 valence electrons. The normalized spacial score (nSPS) is 16.6. The highest BCUT2D eigenvalue weighted by Crippen LogP contribution is 2.39. The molecule has 1 amide bonds. The smallest absolute Gasteiger partial charge is 0.224 e. The summed E-state index contributed by atoms with van der Waals surface area (Å²) in [6.07, 6.45) is 3.34. The van der Waals surface area contributed by atoms with Crippen LogP contribution in [0.15, 0.2) is 54.9 Å². The first kappa shape index (κ1) is 19.8. The van der Waals surface area contributed by atoms with Gasteiger partial charge in [-0.05, 0) is 31.2 Å². The summed E-state index contributed by atoms with van der Waals surface area (Å²) in [6.45, 7) is 1.78. The molecule has 1 aliphatic rings. The number of hydrogen-bond donors (Lipinski definition) is 4. The van der Waals surface area contributed by atoms with Gasteiger partial charge in [0.2, 0.25) is 5.91 Å². The number of aromatic amines is 1. The zero-order chi connectivity index (χ0) is 21.1. The number of Topliss-reactive ketones (excluding diaryl/α,β-unsaturated/α-hetero) is 1. The maximum absolute atomic E-state index is 13.1. The lowest BCUT2D eigenvalue weighted by Crippen LogP contribution is -2.38. The third-order valence-corrected chi connectivity index (χ3v) is 5.19. The van der Waals surface area contributed by atoms with Gasteiger partial charge in [0.15, 0.2) is 5.78 Å². The molecule has 2 unspecified atom stereocenters. The third kappa shape index (κ3) is 4.11. The molecule has 7 nitrogen and oxygen atoms in total. The first-order chi connectivity index (χ1) is 14.5. The van der Waals surface area contributed by atoms with Crippen molar-refractivity contribution in [2.45, 2.75) is 25.9 Å². The van der Waals surface area contributed by atoms with Crippen LogP contribution in [0, 0.1) is 5.92 Å². The Balaban J connectivity index is 1.71. The molecular weight excluding hydrogens is 380 g/mol. The highest BCUT2D eigenvalue weighted by molar-refractivity contribution is 6.09. The Kier molecular flexibility index (Phi) is 5.63. The Morgan fingerprint density at radius 3 is 2.63 bits per heavy atom. The molecule has 2 atom stereocenters. The van der Waals surface area contributed by atoms with Crippen molar-refractivity contribution in [3.8, 4) is 11.3 Å². The minimum atomic E-state index is -0.630. The van der Waals surface area contributed by atoms with Crippen molar-refractivity contribution in [1.82, 2.24) is 15.3 Å². The molecule has 4 N–H and O–H groups in total. The number of amides is 1. The highest BCUT2D eigenvalue weighted by Gasteiger charge is 2.34.